The molecule has 4 unspecified atom stereocenters. The summed E-state index contributed by atoms with van der Waals surface area (Å²) in [5, 5.41) is 34.6. The number of amides is 4. The van der Waals surface area contributed by atoms with E-state index in [9.17, 15) is 44.1 Å². The summed E-state index contributed by atoms with van der Waals surface area (Å²) in [5.74, 6) is -6.84. The molecule has 0 bridgehead atoms. The van der Waals surface area contributed by atoms with Crippen LogP contribution in [-0.2, 0) is 35.2 Å². The molecule has 10 N–H and O–H groups in total. The largest absolute Gasteiger partial charge is 0.508 e. The Labute approximate surface area is 212 Å². The number of phenols is 1. The number of nitrogens with two attached hydrogens (primary N) is 2. The first kappa shape index (κ1) is 30.8. The highest BCUT2D eigenvalue weighted by Crippen LogP contribution is 2.12. The van der Waals surface area contributed by atoms with Crippen LogP contribution in [0.5, 0.6) is 5.75 Å². The smallest absolute Gasteiger partial charge is 0.326 e. The van der Waals surface area contributed by atoms with Crippen LogP contribution in [0, 0.1) is 5.92 Å². The highest BCUT2D eigenvalue weighted by atomic mass is 16.4. The van der Waals surface area contributed by atoms with Crippen LogP contribution in [0.15, 0.2) is 24.3 Å². The number of carbonyl (C=O) groups excluding carboxylic acids is 4. The van der Waals surface area contributed by atoms with Crippen LogP contribution < -0.4 is 27.4 Å². The number of rotatable bonds is 15. The van der Waals surface area contributed by atoms with Crippen molar-refractivity contribution in [2.24, 2.45) is 17.4 Å². The van der Waals surface area contributed by atoms with E-state index in [1.807, 2.05) is 19.2 Å². The van der Waals surface area contributed by atoms with Gasteiger partial charge in [0.25, 0.3) is 0 Å². The molecule has 0 saturated carbocycles. The average molecular weight is 524 g/mol. The summed E-state index contributed by atoms with van der Waals surface area (Å²) in [6.45, 7) is 3.71. The van der Waals surface area contributed by atoms with Gasteiger partial charge in [-0.05, 0) is 30.0 Å². The molecule has 0 saturated heterocycles. The molecule has 4 atom stereocenters. The van der Waals surface area contributed by atoms with E-state index in [4.69, 9.17) is 11.5 Å². The van der Waals surface area contributed by atoms with Crippen LogP contribution in [0.4, 0.5) is 0 Å². The van der Waals surface area contributed by atoms with Gasteiger partial charge in [0.1, 0.15) is 23.9 Å². The van der Waals surface area contributed by atoms with Crippen molar-refractivity contribution in [3.63, 3.8) is 0 Å². The van der Waals surface area contributed by atoms with E-state index in [-0.39, 0.29) is 18.1 Å². The normalized spacial score (nSPS) is 14.1. The summed E-state index contributed by atoms with van der Waals surface area (Å²) < 4.78 is 0. The van der Waals surface area contributed by atoms with E-state index in [1.165, 1.54) is 24.3 Å². The minimum atomic E-state index is -1.75. The van der Waals surface area contributed by atoms with E-state index < -0.39 is 72.6 Å². The number of aromatic hydroxyl groups is 1. The molecule has 0 aliphatic heterocycles. The van der Waals surface area contributed by atoms with Gasteiger partial charge in [-0.3, -0.25) is 24.0 Å². The predicted molar refractivity (Wildman–Crippen MR) is 129 cm³/mol. The summed E-state index contributed by atoms with van der Waals surface area (Å²) in [7, 11) is 0. The Bertz CT molecular complexity index is 997. The lowest BCUT2D eigenvalue weighted by Crippen LogP contribution is -2.58. The molecule has 0 aliphatic carbocycles. The van der Waals surface area contributed by atoms with Gasteiger partial charge in [0, 0.05) is 6.42 Å². The van der Waals surface area contributed by atoms with Crippen molar-refractivity contribution in [3.05, 3.63) is 29.8 Å². The fourth-order valence-electron chi connectivity index (χ4n) is 3.30. The Balaban J connectivity index is 3.16. The molecule has 1 aromatic carbocycles. The third kappa shape index (κ3) is 11.4. The van der Waals surface area contributed by atoms with Crippen molar-refractivity contribution in [2.75, 3.05) is 0 Å². The number of carboxylic acids is 2. The van der Waals surface area contributed by atoms with Crippen molar-refractivity contribution in [3.8, 4) is 5.75 Å². The molecular weight excluding hydrogens is 490 g/mol. The van der Waals surface area contributed by atoms with Crippen molar-refractivity contribution < 1.29 is 44.1 Å². The third-order valence-corrected chi connectivity index (χ3v) is 5.10. The SMILES string of the molecule is CC(C)CC(N)C(=O)NC(Cc1ccc(O)cc1)C(=O)NC(CC(=O)O)C(=O)NC(CC(N)=O)C(=O)O. The fraction of sp³-hybridized carbons (Fsp3) is 0.478. The van der Waals surface area contributed by atoms with Crippen LogP contribution in [0.2, 0.25) is 0 Å². The molecule has 204 valence electrons. The molecule has 14 nitrogen and oxygen atoms in total. The number of benzene rings is 1. The van der Waals surface area contributed by atoms with Gasteiger partial charge in [0.2, 0.25) is 23.6 Å². The second-order valence-corrected chi connectivity index (χ2v) is 8.90. The summed E-state index contributed by atoms with van der Waals surface area (Å²) in [6, 6.07) is -0.0251. The number of carbonyl (C=O) groups is 6. The maximum Gasteiger partial charge on any atom is 0.326 e. The van der Waals surface area contributed by atoms with Gasteiger partial charge in [-0.15, -0.1) is 0 Å². The first-order valence-corrected chi connectivity index (χ1v) is 11.4. The van der Waals surface area contributed by atoms with Crippen LogP contribution in [0.3, 0.4) is 0 Å². The van der Waals surface area contributed by atoms with Crippen molar-refractivity contribution >= 4 is 35.6 Å². The molecular formula is C23H33N5O9. The van der Waals surface area contributed by atoms with Crippen LogP contribution in [0.25, 0.3) is 0 Å². The number of nitrogens with one attached hydrogen (secondary N) is 3. The maximum atomic E-state index is 13.1. The molecule has 0 spiro atoms. The third-order valence-electron chi connectivity index (χ3n) is 5.10. The second-order valence-electron chi connectivity index (χ2n) is 8.90. The predicted octanol–water partition coefficient (Wildman–Crippen LogP) is -1.80. The Morgan fingerprint density at radius 3 is 1.81 bits per heavy atom. The summed E-state index contributed by atoms with van der Waals surface area (Å²) in [4.78, 5) is 72.1. The molecule has 0 radical (unpaired) electrons. The number of phenolic OH excluding ortho intramolecular Hbond substituents is 1. The number of aliphatic carboxylic acids is 2. The molecule has 1 aromatic rings. The zero-order valence-electron chi connectivity index (χ0n) is 20.5. The van der Waals surface area contributed by atoms with Crippen molar-refractivity contribution in [2.45, 2.75) is 63.7 Å². The van der Waals surface area contributed by atoms with E-state index >= 15 is 0 Å². The van der Waals surface area contributed by atoms with E-state index in [0.717, 1.165) is 0 Å². The molecule has 0 fully saturated rings. The molecule has 1 rings (SSSR count). The zero-order chi connectivity index (χ0) is 28.3. The summed E-state index contributed by atoms with van der Waals surface area (Å²) in [5.41, 5.74) is 11.4. The zero-order valence-corrected chi connectivity index (χ0v) is 20.5. The molecule has 0 aromatic heterocycles. The molecule has 37 heavy (non-hydrogen) atoms. The van der Waals surface area contributed by atoms with Crippen molar-refractivity contribution in [1.82, 2.24) is 16.0 Å². The lowest BCUT2D eigenvalue weighted by Gasteiger charge is -2.25. The highest BCUT2D eigenvalue weighted by molar-refractivity contribution is 5.96. The van der Waals surface area contributed by atoms with E-state index in [1.54, 1.807) is 0 Å². The van der Waals surface area contributed by atoms with E-state index in [0.29, 0.717) is 12.0 Å². The van der Waals surface area contributed by atoms with Gasteiger partial charge in [-0.25, -0.2) is 4.79 Å². The van der Waals surface area contributed by atoms with Crippen molar-refractivity contribution in [1.29, 1.82) is 0 Å². The van der Waals surface area contributed by atoms with Gasteiger partial charge in [-0.1, -0.05) is 26.0 Å². The summed E-state index contributed by atoms with van der Waals surface area (Å²) >= 11 is 0. The first-order chi connectivity index (χ1) is 17.2. The Hall–Kier alpha value is -4.20. The molecule has 14 heteroatoms. The summed E-state index contributed by atoms with van der Waals surface area (Å²) in [6.07, 6.45) is -1.47. The molecule has 0 aliphatic rings. The minimum absolute atomic E-state index is 0.0325. The Morgan fingerprint density at radius 2 is 1.32 bits per heavy atom. The first-order valence-electron chi connectivity index (χ1n) is 11.4. The minimum Gasteiger partial charge on any atom is -0.508 e. The van der Waals surface area contributed by atoms with Crippen LogP contribution in [-0.4, -0.2) is 75.1 Å². The fourth-order valence-corrected chi connectivity index (χ4v) is 3.30. The van der Waals surface area contributed by atoms with Crippen LogP contribution >= 0.6 is 0 Å². The van der Waals surface area contributed by atoms with Gasteiger partial charge in [0.05, 0.1) is 18.9 Å². The number of primary amides is 1. The number of carboxylic acid groups (broad SMARTS) is 2. The van der Waals surface area contributed by atoms with Gasteiger partial charge in [-0.2, -0.15) is 0 Å². The van der Waals surface area contributed by atoms with Gasteiger partial charge < -0.3 is 42.7 Å². The monoisotopic (exact) mass is 523 g/mol. The van der Waals surface area contributed by atoms with E-state index in [2.05, 4.69) is 10.6 Å². The quantitative estimate of drug-likeness (QED) is 0.128. The Kier molecular flexibility index (Phi) is 12.0. The molecule has 0 heterocycles. The molecule has 4 amide bonds. The second kappa shape index (κ2) is 14.4. The average Bonchev–Trinajstić information content (AvgIpc) is 2.77. The Morgan fingerprint density at radius 1 is 0.811 bits per heavy atom. The maximum absolute atomic E-state index is 13.1. The lowest BCUT2D eigenvalue weighted by molar-refractivity contribution is -0.144. The van der Waals surface area contributed by atoms with Gasteiger partial charge in [0.15, 0.2) is 0 Å². The lowest BCUT2D eigenvalue weighted by atomic mass is 10.0. The standard InChI is InChI=1S/C23H33N5O9/c1-11(2)7-14(24)20(33)26-15(8-12-3-5-13(29)6-4-12)21(34)27-16(10-19(31)32)22(35)28-17(23(36)37)9-18(25)30/h3-6,11,14-17,29H,7-10,24H2,1-2H3,(H2,25,30)(H,26,33)(H,27,34)(H,28,35)(H,31,32)(H,36,37). The van der Waals surface area contributed by atoms with Crippen LogP contribution in [0.1, 0.15) is 38.7 Å². The topological polar surface area (TPSA) is 251 Å². The van der Waals surface area contributed by atoms with Gasteiger partial charge >= 0.3 is 11.9 Å². The highest BCUT2D eigenvalue weighted by Gasteiger charge is 2.32. The number of hydrogen-bond donors (Lipinski definition) is 8. The number of hydrogen-bond acceptors (Lipinski definition) is 8.